The molecule has 3 rings (SSSR count). The van der Waals surface area contributed by atoms with E-state index >= 15 is 0 Å². The van der Waals surface area contributed by atoms with E-state index in [0.717, 1.165) is 12.0 Å². The maximum atomic E-state index is 12.1. The van der Waals surface area contributed by atoms with Crippen molar-refractivity contribution in [3.63, 3.8) is 0 Å². The fourth-order valence-corrected chi connectivity index (χ4v) is 2.57. The molecule has 128 valence electrons. The number of aryl methyl sites for hydroxylation is 2. The lowest BCUT2D eigenvalue weighted by atomic mass is 10.1. The predicted octanol–water partition coefficient (Wildman–Crippen LogP) is 0.622. The van der Waals surface area contributed by atoms with Crippen molar-refractivity contribution < 1.29 is 14.7 Å². The molecule has 0 fully saturated rings. The normalized spacial score (nSPS) is 10.7. The minimum Gasteiger partial charge on any atom is -0.480 e. The molecule has 8 nitrogen and oxygen atoms in total. The Hall–Kier alpha value is -3.42. The van der Waals surface area contributed by atoms with Gasteiger partial charge in [-0.15, -0.1) is 0 Å². The highest BCUT2D eigenvalue weighted by Gasteiger charge is 2.18. The van der Waals surface area contributed by atoms with E-state index in [9.17, 15) is 14.4 Å². The topological polar surface area (TPSA) is 117 Å². The van der Waals surface area contributed by atoms with E-state index in [1.54, 1.807) is 10.6 Å². The summed E-state index contributed by atoms with van der Waals surface area (Å²) in [6.45, 7) is -0.561. The predicted molar refractivity (Wildman–Crippen MR) is 89.6 cm³/mol. The third-order valence-corrected chi connectivity index (χ3v) is 3.78. The standard InChI is InChI=1S/C17H16N4O4/c22-12-8-9-21-13(7-6-11-4-2-1-3-5-11)19-20-16(21)15(12)17(25)18-10-14(23)24/h1-5,8-9,20H,6-7,10H2,(H,18,25)(H,23,24). The van der Waals surface area contributed by atoms with Crippen molar-refractivity contribution in [1.82, 2.24) is 19.9 Å². The van der Waals surface area contributed by atoms with E-state index in [2.05, 4.69) is 15.5 Å². The number of carbonyl (C=O) groups is 2. The van der Waals surface area contributed by atoms with Gasteiger partial charge in [0.05, 0.1) is 0 Å². The third-order valence-electron chi connectivity index (χ3n) is 3.78. The maximum Gasteiger partial charge on any atom is 0.322 e. The van der Waals surface area contributed by atoms with Crippen LogP contribution >= 0.6 is 0 Å². The number of fused-ring (bicyclic) bond motifs is 1. The number of pyridine rings is 1. The molecule has 0 aliphatic carbocycles. The van der Waals surface area contributed by atoms with Crippen molar-refractivity contribution >= 4 is 17.5 Å². The summed E-state index contributed by atoms with van der Waals surface area (Å²) in [4.78, 5) is 34.8. The van der Waals surface area contributed by atoms with Gasteiger partial charge in [-0.25, -0.2) is 0 Å². The van der Waals surface area contributed by atoms with Crippen molar-refractivity contribution in [1.29, 1.82) is 0 Å². The van der Waals surface area contributed by atoms with Crippen LogP contribution in [-0.2, 0) is 17.6 Å². The molecule has 0 radical (unpaired) electrons. The average Bonchev–Trinajstić information content (AvgIpc) is 3.01. The Labute approximate surface area is 142 Å². The Morgan fingerprint density at radius 2 is 1.92 bits per heavy atom. The number of carbonyl (C=O) groups excluding carboxylic acids is 1. The van der Waals surface area contributed by atoms with Crippen molar-refractivity contribution in [3.05, 3.63) is 69.8 Å². The summed E-state index contributed by atoms with van der Waals surface area (Å²) < 4.78 is 1.64. The maximum absolute atomic E-state index is 12.1. The molecule has 2 aromatic heterocycles. The number of nitrogens with one attached hydrogen (secondary N) is 2. The second kappa shape index (κ2) is 7.00. The molecule has 0 aliphatic heterocycles. The van der Waals surface area contributed by atoms with Crippen molar-refractivity contribution in [2.75, 3.05) is 6.54 Å². The Morgan fingerprint density at radius 1 is 1.16 bits per heavy atom. The largest absolute Gasteiger partial charge is 0.480 e. The van der Waals surface area contributed by atoms with Crippen molar-refractivity contribution in [2.24, 2.45) is 0 Å². The highest BCUT2D eigenvalue weighted by molar-refractivity contribution is 6.00. The number of carboxylic acid groups (broad SMARTS) is 1. The number of hydrogen-bond acceptors (Lipinski definition) is 4. The fourth-order valence-electron chi connectivity index (χ4n) is 2.57. The number of aromatic nitrogens is 3. The fraction of sp³-hybridized carbons (Fsp3) is 0.176. The first-order chi connectivity index (χ1) is 12.1. The number of aliphatic carboxylic acids is 1. The summed E-state index contributed by atoms with van der Waals surface area (Å²) in [7, 11) is 0. The van der Waals surface area contributed by atoms with Crippen LogP contribution in [0.15, 0.2) is 47.4 Å². The highest BCUT2D eigenvalue weighted by Crippen LogP contribution is 2.10. The number of carboxylic acids is 1. The van der Waals surface area contributed by atoms with E-state index in [-0.39, 0.29) is 11.2 Å². The average molecular weight is 340 g/mol. The Bertz CT molecular complexity index is 975. The van der Waals surface area contributed by atoms with Gasteiger partial charge >= 0.3 is 5.97 Å². The minimum atomic E-state index is -1.19. The number of nitrogens with zero attached hydrogens (tertiary/aromatic N) is 2. The monoisotopic (exact) mass is 340 g/mol. The molecule has 0 unspecified atom stereocenters. The molecule has 1 aromatic carbocycles. The van der Waals surface area contributed by atoms with Gasteiger partial charge in [-0.2, -0.15) is 5.10 Å². The summed E-state index contributed by atoms with van der Waals surface area (Å²) in [6.07, 6.45) is 2.92. The van der Waals surface area contributed by atoms with Crippen LogP contribution < -0.4 is 10.7 Å². The Balaban J connectivity index is 1.88. The van der Waals surface area contributed by atoms with E-state index in [4.69, 9.17) is 5.11 Å². The van der Waals surface area contributed by atoms with Crippen LogP contribution in [0, 0.1) is 0 Å². The van der Waals surface area contributed by atoms with Gasteiger partial charge in [0, 0.05) is 18.7 Å². The SMILES string of the molecule is O=C(O)CNC(=O)c1c(=O)ccn2c(CCc3ccccc3)n[nH]c12. The van der Waals surface area contributed by atoms with Crippen molar-refractivity contribution in [3.8, 4) is 0 Å². The number of amides is 1. The summed E-state index contributed by atoms with van der Waals surface area (Å²) >= 11 is 0. The van der Waals surface area contributed by atoms with E-state index in [0.29, 0.717) is 12.2 Å². The van der Waals surface area contributed by atoms with Crippen LogP contribution in [0.5, 0.6) is 0 Å². The van der Waals surface area contributed by atoms with Crippen LogP contribution in [0.3, 0.4) is 0 Å². The van der Waals surface area contributed by atoms with Crippen LogP contribution in [0.1, 0.15) is 21.7 Å². The van der Waals surface area contributed by atoms with Gasteiger partial charge in [-0.05, 0) is 12.0 Å². The van der Waals surface area contributed by atoms with Gasteiger partial charge in [-0.3, -0.25) is 23.9 Å². The Morgan fingerprint density at radius 3 is 2.64 bits per heavy atom. The van der Waals surface area contributed by atoms with E-state index in [1.807, 2.05) is 30.3 Å². The van der Waals surface area contributed by atoms with E-state index < -0.39 is 23.9 Å². The second-order valence-corrected chi connectivity index (χ2v) is 5.48. The van der Waals surface area contributed by atoms with Crippen LogP contribution in [-0.4, -0.2) is 38.1 Å². The molecule has 0 saturated carbocycles. The number of H-pyrrole nitrogens is 1. The van der Waals surface area contributed by atoms with Gasteiger partial charge in [-0.1, -0.05) is 30.3 Å². The molecule has 1 amide bonds. The summed E-state index contributed by atoms with van der Waals surface area (Å²) in [5.74, 6) is -1.26. The van der Waals surface area contributed by atoms with Gasteiger partial charge in [0.1, 0.15) is 23.6 Å². The molecule has 8 heteroatoms. The van der Waals surface area contributed by atoms with Gasteiger partial charge in [0.2, 0.25) is 0 Å². The molecular formula is C17H16N4O4. The summed E-state index contributed by atoms with van der Waals surface area (Å²) in [5, 5.41) is 17.8. The third kappa shape index (κ3) is 3.57. The number of aromatic amines is 1. The van der Waals surface area contributed by atoms with Crippen LogP contribution in [0.4, 0.5) is 0 Å². The molecule has 3 aromatic rings. The Kier molecular flexibility index (Phi) is 4.60. The molecule has 0 atom stereocenters. The second-order valence-electron chi connectivity index (χ2n) is 5.48. The zero-order valence-electron chi connectivity index (χ0n) is 13.2. The quantitative estimate of drug-likeness (QED) is 0.608. The highest BCUT2D eigenvalue weighted by atomic mass is 16.4. The molecule has 2 heterocycles. The summed E-state index contributed by atoms with van der Waals surface area (Å²) in [5.41, 5.74) is 0.751. The molecule has 25 heavy (non-hydrogen) atoms. The molecule has 0 aliphatic rings. The van der Waals surface area contributed by atoms with Gasteiger partial charge in [0.15, 0.2) is 5.43 Å². The molecule has 0 saturated heterocycles. The minimum absolute atomic E-state index is 0.151. The number of rotatable bonds is 6. The van der Waals surface area contributed by atoms with Gasteiger partial charge in [0.25, 0.3) is 5.91 Å². The van der Waals surface area contributed by atoms with Crippen LogP contribution in [0.25, 0.3) is 5.65 Å². The smallest absolute Gasteiger partial charge is 0.322 e. The zero-order chi connectivity index (χ0) is 17.8. The molecule has 0 bridgehead atoms. The van der Waals surface area contributed by atoms with Gasteiger partial charge < -0.3 is 10.4 Å². The molecule has 3 N–H and O–H groups in total. The first-order valence-electron chi connectivity index (χ1n) is 7.69. The first kappa shape index (κ1) is 16.4. The van der Waals surface area contributed by atoms with E-state index in [1.165, 1.54) is 6.07 Å². The summed E-state index contributed by atoms with van der Waals surface area (Å²) in [6, 6.07) is 11.2. The number of benzene rings is 1. The number of hydrogen-bond donors (Lipinski definition) is 3. The lowest BCUT2D eigenvalue weighted by Crippen LogP contribution is -2.33. The first-order valence-corrected chi connectivity index (χ1v) is 7.69. The molecule has 0 spiro atoms. The zero-order valence-corrected chi connectivity index (χ0v) is 13.2. The van der Waals surface area contributed by atoms with Crippen LogP contribution in [0.2, 0.25) is 0 Å². The van der Waals surface area contributed by atoms with Crippen molar-refractivity contribution in [2.45, 2.75) is 12.8 Å². The molecular weight excluding hydrogens is 324 g/mol. The lowest BCUT2D eigenvalue weighted by Gasteiger charge is -2.05. The lowest BCUT2D eigenvalue weighted by molar-refractivity contribution is -0.135.